The minimum atomic E-state index is -0.495. The number of hydrogen-bond donors (Lipinski definition) is 1. The second kappa shape index (κ2) is 6.93. The Kier molecular flexibility index (Phi) is 5.22. The topological polar surface area (TPSA) is 81.2 Å². The van der Waals surface area contributed by atoms with Crippen molar-refractivity contribution in [2.24, 2.45) is 0 Å². The summed E-state index contributed by atoms with van der Waals surface area (Å²) in [6.07, 6.45) is 0. The van der Waals surface area contributed by atoms with Crippen LogP contribution in [0.4, 0.5) is 5.82 Å². The third-order valence-electron chi connectivity index (χ3n) is 2.85. The Morgan fingerprint density at radius 2 is 2.10 bits per heavy atom. The molecule has 6 nitrogen and oxygen atoms in total. The largest absolute Gasteiger partial charge is 0.396 e. The van der Waals surface area contributed by atoms with Gasteiger partial charge in [0.2, 0.25) is 5.82 Å². The van der Waals surface area contributed by atoms with Gasteiger partial charge in [-0.3, -0.25) is 4.57 Å². The Labute approximate surface area is 130 Å². The molecule has 0 radical (unpaired) electrons. The molecule has 2 rings (SSSR count). The summed E-state index contributed by atoms with van der Waals surface area (Å²) in [6, 6.07) is 7.29. The van der Waals surface area contributed by atoms with Crippen LogP contribution in [0.25, 0.3) is 0 Å². The lowest BCUT2D eigenvalue weighted by atomic mass is 10.2. The molecule has 21 heavy (non-hydrogen) atoms. The van der Waals surface area contributed by atoms with E-state index in [9.17, 15) is 10.1 Å². The molecule has 2 aromatic rings. The monoisotopic (exact) mass is 327 g/mol. The summed E-state index contributed by atoms with van der Waals surface area (Å²) >= 11 is 7.08. The molecule has 0 aliphatic carbocycles. The molecular formula is C13H14ClN3O3S. The fourth-order valence-electron chi connectivity index (χ4n) is 1.89. The van der Waals surface area contributed by atoms with Gasteiger partial charge in [-0.05, 0) is 27.6 Å². The van der Waals surface area contributed by atoms with Gasteiger partial charge in [-0.1, -0.05) is 35.5 Å². The average Bonchev–Trinajstić information content (AvgIpc) is 2.76. The number of benzene rings is 1. The Morgan fingerprint density at radius 1 is 1.43 bits per heavy atom. The molecule has 0 aliphatic heterocycles. The molecule has 0 unspecified atom stereocenters. The van der Waals surface area contributed by atoms with Crippen LogP contribution in [0.3, 0.4) is 0 Å². The second-order valence-corrected chi connectivity index (χ2v) is 5.85. The number of halogens is 1. The van der Waals surface area contributed by atoms with Gasteiger partial charge < -0.3 is 15.2 Å². The molecule has 0 fully saturated rings. The summed E-state index contributed by atoms with van der Waals surface area (Å²) in [5, 5.41) is 21.1. The zero-order valence-corrected chi connectivity index (χ0v) is 12.9. The van der Waals surface area contributed by atoms with Gasteiger partial charge in [-0.2, -0.15) is 0 Å². The van der Waals surface area contributed by atoms with Crippen LogP contribution < -0.4 is 0 Å². The minimum absolute atomic E-state index is 0.0486. The van der Waals surface area contributed by atoms with Gasteiger partial charge in [-0.15, -0.1) is 0 Å². The van der Waals surface area contributed by atoms with Gasteiger partial charge in [-0.25, -0.2) is 0 Å². The molecule has 8 heteroatoms. The van der Waals surface area contributed by atoms with Gasteiger partial charge in [0.05, 0.1) is 13.2 Å². The molecule has 0 saturated heterocycles. The number of thioether (sulfide) groups is 1. The van der Waals surface area contributed by atoms with E-state index >= 15 is 0 Å². The third kappa shape index (κ3) is 3.75. The van der Waals surface area contributed by atoms with Crippen LogP contribution in [0.15, 0.2) is 29.3 Å². The Bertz CT molecular complexity index is 643. The molecule has 0 amide bonds. The number of rotatable bonds is 6. The van der Waals surface area contributed by atoms with E-state index in [1.807, 2.05) is 12.1 Å². The molecule has 1 N–H and O–H groups in total. The normalized spacial score (nSPS) is 10.8. The number of imidazole rings is 1. The highest BCUT2D eigenvalue weighted by Gasteiger charge is 2.25. The average molecular weight is 328 g/mol. The lowest BCUT2D eigenvalue weighted by Crippen LogP contribution is -2.04. The van der Waals surface area contributed by atoms with Crippen molar-refractivity contribution in [2.75, 3.05) is 12.4 Å². The molecule has 0 atom stereocenters. The van der Waals surface area contributed by atoms with Crippen molar-refractivity contribution in [2.45, 2.75) is 18.5 Å². The van der Waals surface area contributed by atoms with Crippen molar-refractivity contribution >= 4 is 29.2 Å². The number of aliphatic hydroxyl groups excluding tert-OH is 1. The molecule has 112 valence electrons. The standard InChI is InChI=1S/C13H14ClN3O3S/c1-9-15-12(17(19)20)13(21-7-6-18)16(9)8-10-2-4-11(14)5-3-10/h2-5,18H,6-8H2,1H3. The number of nitro groups is 1. The highest BCUT2D eigenvalue weighted by molar-refractivity contribution is 7.99. The first-order valence-corrected chi connectivity index (χ1v) is 7.59. The van der Waals surface area contributed by atoms with Crippen LogP contribution in [0.5, 0.6) is 0 Å². The van der Waals surface area contributed by atoms with Crippen molar-refractivity contribution in [1.29, 1.82) is 0 Å². The predicted octanol–water partition coefficient (Wildman–Crippen LogP) is 2.89. The van der Waals surface area contributed by atoms with Crippen molar-refractivity contribution in [3.8, 4) is 0 Å². The Balaban J connectivity index is 2.36. The highest BCUT2D eigenvalue weighted by atomic mass is 35.5. The van der Waals surface area contributed by atoms with E-state index in [4.69, 9.17) is 16.7 Å². The van der Waals surface area contributed by atoms with Gasteiger partial charge in [0.25, 0.3) is 0 Å². The lowest BCUT2D eigenvalue weighted by Gasteiger charge is -2.08. The maximum Gasteiger partial charge on any atom is 0.396 e. The number of aliphatic hydroxyl groups is 1. The number of aryl methyl sites for hydroxylation is 1. The fourth-order valence-corrected chi connectivity index (χ4v) is 2.90. The SMILES string of the molecule is Cc1nc([N+](=O)[O-])c(SCCO)n1Cc1ccc(Cl)cc1. The first-order chi connectivity index (χ1) is 10.0. The molecule has 0 bridgehead atoms. The Morgan fingerprint density at radius 3 is 2.67 bits per heavy atom. The second-order valence-electron chi connectivity index (χ2n) is 4.33. The van der Waals surface area contributed by atoms with Gasteiger partial charge in [0, 0.05) is 17.7 Å². The number of hydrogen-bond acceptors (Lipinski definition) is 5. The molecule has 0 saturated carbocycles. The quantitative estimate of drug-likeness (QED) is 0.501. The lowest BCUT2D eigenvalue weighted by molar-refractivity contribution is -0.392. The van der Waals surface area contributed by atoms with Crippen molar-refractivity contribution < 1.29 is 10.0 Å². The van der Waals surface area contributed by atoms with E-state index in [1.165, 1.54) is 11.8 Å². The first-order valence-electron chi connectivity index (χ1n) is 6.22. The first kappa shape index (κ1) is 15.8. The van der Waals surface area contributed by atoms with Crippen LogP contribution in [0.2, 0.25) is 5.02 Å². The molecule has 1 aromatic carbocycles. The number of nitrogens with zero attached hydrogens (tertiary/aromatic N) is 3. The van der Waals surface area contributed by atoms with E-state index in [2.05, 4.69) is 4.98 Å². The van der Waals surface area contributed by atoms with Gasteiger partial charge in [0.15, 0.2) is 5.03 Å². The zero-order chi connectivity index (χ0) is 15.4. The summed E-state index contributed by atoms with van der Waals surface area (Å²) in [5.74, 6) is 0.782. The highest BCUT2D eigenvalue weighted by Crippen LogP contribution is 2.30. The smallest absolute Gasteiger partial charge is 0.396 e. The van der Waals surface area contributed by atoms with E-state index in [1.54, 1.807) is 23.6 Å². The molecule has 1 heterocycles. The van der Waals surface area contributed by atoms with Crippen LogP contribution in [0, 0.1) is 17.0 Å². The molecular weight excluding hydrogens is 314 g/mol. The van der Waals surface area contributed by atoms with Crippen molar-refractivity contribution in [1.82, 2.24) is 9.55 Å². The summed E-state index contributed by atoms with van der Waals surface area (Å²) in [6.45, 7) is 2.15. The third-order valence-corrected chi connectivity index (χ3v) is 4.17. The summed E-state index contributed by atoms with van der Waals surface area (Å²) in [4.78, 5) is 14.6. The fraction of sp³-hybridized carbons (Fsp3) is 0.308. The van der Waals surface area contributed by atoms with E-state index < -0.39 is 4.92 Å². The van der Waals surface area contributed by atoms with Crippen LogP contribution in [-0.2, 0) is 6.54 Å². The molecule has 0 aliphatic rings. The maximum absolute atomic E-state index is 11.1. The molecule has 1 aromatic heterocycles. The minimum Gasteiger partial charge on any atom is -0.396 e. The van der Waals surface area contributed by atoms with Crippen molar-refractivity contribution in [3.05, 3.63) is 50.8 Å². The van der Waals surface area contributed by atoms with Gasteiger partial charge >= 0.3 is 5.82 Å². The van der Waals surface area contributed by atoms with Crippen LogP contribution >= 0.6 is 23.4 Å². The summed E-state index contributed by atoms with van der Waals surface area (Å²) < 4.78 is 1.78. The Hall–Kier alpha value is -1.57. The summed E-state index contributed by atoms with van der Waals surface area (Å²) in [5.41, 5.74) is 0.973. The van der Waals surface area contributed by atoms with E-state index in [-0.39, 0.29) is 12.4 Å². The predicted molar refractivity (Wildman–Crippen MR) is 82.0 cm³/mol. The zero-order valence-electron chi connectivity index (χ0n) is 11.3. The summed E-state index contributed by atoms with van der Waals surface area (Å²) in [7, 11) is 0. The molecule has 0 spiro atoms. The van der Waals surface area contributed by atoms with Crippen LogP contribution in [-0.4, -0.2) is 31.9 Å². The van der Waals surface area contributed by atoms with Crippen LogP contribution in [0.1, 0.15) is 11.4 Å². The van der Waals surface area contributed by atoms with E-state index in [0.29, 0.717) is 28.2 Å². The van der Waals surface area contributed by atoms with Gasteiger partial charge in [0.1, 0.15) is 0 Å². The maximum atomic E-state index is 11.1. The van der Waals surface area contributed by atoms with Crippen molar-refractivity contribution in [3.63, 3.8) is 0 Å². The number of aromatic nitrogens is 2. The van der Waals surface area contributed by atoms with E-state index in [0.717, 1.165) is 5.56 Å².